The SMILES string of the molecule is CCC(C)c1c2ccc3ccccc3c2nc2c1ccc1ccccc12. The van der Waals surface area contributed by atoms with E-state index in [0.717, 1.165) is 17.5 Å². The van der Waals surface area contributed by atoms with Crippen LogP contribution >= 0.6 is 0 Å². The second-order valence-electron chi connectivity index (χ2n) is 7.20. The first-order chi connectivity index (χ1) is 12.8. The van der Waals surface area contributed by atoms with Gasteiger partial charge in [0.1, 0.15) is 0 Å². The molecule has 0 amide bonds. The third-order valence-corrected chi connectivity index (χ3v) is 5.71. The number of fused-ring (bicyclic) bond motifs is 6. The van der Waals surface area contributed by atoms with Crippen molar-refractivity contribution in [2.24, 2.45) is 0 Å². The van der Waals surface area contributed by atoms with Crippen molar-refractivity contribution in [2.45, 2.75) is 26.2 Å². The molecule has 0 aliphatic rings. The molecular weight excluding hydrogens is 314 g/mol. The van der Waals surface area contributed by atoms with Crippen molar-refractivity contribution >= 4 is 43.4 Å². The van der Waals surface area contributed by atoms with E-state index in [2.05, 4.69) is 86.6 Å². The van der Waals surface area contributed by atoms with Crippen molar-refractivity contribution in [3.63, 3.8) is 0 Å². The van der Waals surface area contributed by atoms with Gasteiger partial charge in [-0.2, -0.15) is 0 Å². The third kappa shape index (κ3) is 2.13. The summed E-state index contributed by atoms with van der Waals surface area (Å²) in [6.45, 7) is 4.60. The maximum atomic E-state index is 5.21. The zero-order valence-electron chi connectivity index (χ0n) is 15.2. The standard InChI is InChI=1S/C25H21N/c1-3-16(2)23-21-14-12-17-8-4-6-10-19(17)24(21)26-25-20-11-7-5-9-18(20)13-15-22(23)25/h4-16H,3H2,1-2H3. The van der Waals surface area contributed by atoms with Crippen LogP contribution in [0.4, 0.5) is 0 Å². The number of hydrogen-bond donors (Lipinski definition) is 0. The Balaban J connectivity index is 2.08. The highest BCUT2D eigenvalue weighted by molar-refractivity contribution is 6.15. The first kappa shape index (κ1) is 15.3. The van der Waals surface area contributed by atoms with Crippen molar-refractivity contribution in [3.05, 3.63) is 78.4 Å². The molecule has 0 spiro atoms. The Kier molecular flexibility index (Phi) is 3.43. The highest BCUT2D eigenvalue weighted by Gasteiger charge is 2.16. The summed E-state index contributed by atoms with van der Waals surface area (Å²) in [5, 5.41) is 7.57. The van der Waals surface area contributed by atoms with E-state index < -0.39 is 0 Å². The minimum Gasteiger partial charge on any atom is -0.246 e. The van der Waals surface area contributed by atoms with Crippen LogP contribution in [0.5, 0.6) is 0 Å². The largest absolute Gasteiger partial charge is 0.246 e. The van der Waals surface area contributed by atoms with Crippen molar-refractivity contribution < 1.29 is 0 Å². The fourth-order valence-corrected chi connectivity index (χ4v) is 4.18. The van der Waals surface area contributed by atoms with Gasteiger partial charge in [-0.1, -0.05) is 86.6 Å². The topological polar surface area (TPSA) is 12.9 Å². The van der Waals surface area contributed by atoms with Crippen molar-refractivity contribution in [2.75, 3.05) is 0 Å². The zero-order chi connectivity index (χ0) is 17.7. The van der Waals surface area contributed by atoms with Crippen LogP contribution in [0.3, 0.4) is 0 Å². The lowest BCUT2D eigenvalue weighted by Crippen LogP contribution is -1.98. The van der Waals surface area contributed by atoms with Gasteiger partial charge in [0.15, 0.2) is 0 Å². The van der Waals surface area contributed by atoms with Gasteiger partial charge in [0.2, 0.25) is 0 Å². The summed E-state index contributed by atoms with van der Waals surface area (Å²) in [5.74, 6) is 0.491. The molecule has 26 heavy (non-hydrogen) atoms. The van der Waals surface area contributed by atoms with Crippen molar-refractivity contribution in [3.8, 4) is 0 Å². The number of aromatic nitrogens is 1. The molecule has 1 unspecified atom stereocenters. The monoisotopic (exact) mass is 335 g/mol. The number of nitrogens with zero attached hydrogens (tertiary/aromatic N) is 1. The molecule has 5 aromatic rings. The Morgan fingerprint density at radius 1 is 0.654 bits per heavy atom. The first-order valence-electron chi connectivity index (χ1n) is 9.40. The van der Waals surface area contributed by atoms with Gasteiger partial charge < -0.3 is 0 Å². The lowest BCUT2D eigenvalue weighted by Gasteiger charge is -2.18. The van der Waals surface area contributed by atoms with E-state index in [-0.39, 0.29) is 0 Å². The van der Waals surface area contributed by atoms with E-state index in [4.69, 9.17) is 4.98 Å². The maximum absolute atomic E-state index is 5.21. The molecule has 1 aromatic heterocycles. The molecule has 0 saturated heterocycles. The number of rotatable bonds is 2. The molecule has 0 radical (unpaired) electrons. The van der Waals surface area contributed by atoms with Crippen LogP contribution in [0.15, 0.2) is 72.8 Å². The van der Waals surface area contributed by atoms with Crippen LogP contribution in [0, 0.1) is 0 Å². The lowest BCUT2D eigenvalue weighted by molar-refractivity contribution is 0.745. The van der Waals surface area contributed by atoms with E-state index in [1.165, 1.54) is 37.9 Å². The van der Waals surface area contributed by atoms with Crippen LogP contribution in [-0.4, -0.2) is 4.98 Å². The van der Waals surface area contributed by atoms with Gasteiger partial charge in [-0.15, -0.1) is 0 Å². The van der Waals surface area contributed by atoms with Crippen molar-refractivity contribution in [1.82, 2.24) is 4.98 Å². The Morgan fingerprint density at radius 2 is 1.15 bits per heavy atom. The van der Waals surface area contributed by atoms with Crippen LogP contribution in [0.25, 0.3) is 43.4 Å². The third-order valence-electron chi connectivity index (χ3n) is 5.71. The molecule has 0 bridgehead atoms. The molecule has 4 aromatic carbocycles. The van der Waals surface area contributed by atoms with E-state index in [0.29, 0.717) is 5.92 Å². The normalized spacial score (nSPS) is 13.0. The summed E-state index contributed by atoms with van der Waals surface area (Å²) in [6.07, 6.45) is 1.12. The maximum Gasteiger partial charge on any atom is 0.0791 e. The molecule has 126 valence electrons. The molecule has 0 aliphatic carbocycles. The van der Waals surface area contributed by atoms with Gasteiger partial charge in [0.05, 0.1) is 11.0 Å². The summed E-state index contributed by atoms with van der Waals surface area (Å²) < 4.78 is 0. The summed E-state index contributed by atoms with van der Waals surface area (Å²) in [7, 11) is 0. The van der Waals surface area contributed by atoms with Gasteiger partial charge in [-0.05, 0) is 28.7 Å². The Bertz CT molecular complexity index is 1190. The molecule has 1 atom stereocenters. The summed E-state index contributed by atoms with van der Waals surface area (Å²) in [4.78, 5) is 5.21. The van der Waals surface area contributed by atoms with Crippen molar-refractivity contribution in [1.29, 1.82) is 0 Å². The van der Waals surface area contributed by atoms with E-state index in [9.17, 15) is 0 Å². The average molecular weight is 335 g/mol. The molecule has 5 rings (SSSR count). The zero-order valence-corrected chi connectivity index (χ0v) is 15.2. The quantitative estimate of drug-likeness (QED) is 0.245. The predicted octanol–water partition coefficient (Wildman–Crippen LogP) is 7.21. The lowest BCUT2D eigenvalue weighted by atomic mass is 9.89. The van der Waals surface area contributed by atoms with Crippen LogP contribution in [0.1, 0.15) is 31.7 Å². The molecule has 1 heterocycles. The highest BCUT2D eigenvalue weighted by Crippen LogP contribution is 2.38. The van der Waals surface area contributed by atoms with E-state index in [1.807, 2.05) is 0 Å². The smallest absolute Gasteiger partial charge is 0.0791 e. The number of hydrogen-bond acceptors (Lipinski definition) is 1. The minimum atomic E-state index is 0.491. The Hall–Kier alpha value is -2.93. The van der Waals surface area contributed by atoms with Crippen LogP contribution in [0.2, 0.25) is 0 Å². The van der Waals surface area contributed by atoms with Gasteiger partial charge in [-0.25, -0.2) is 4.98 Å². The predicted molar refractivity (Wildman–Crippen MR) is 113 cm³/mol. The van der Waals surface area contributed by atoms with Crippen LogP contribution in [-0.2, 0) is 0 Å². The van der Waals surface area contributed by atoms with Crippen LogP contribution < -0.4 is 0 Å². The Morgan fingerprint density at radius 3 is 1.65 bits per heavy atom. The second-order valence-corrected chi connectivity index (χ2v) is 7.20. The highest BCUT2D eigenvalue weighted by atomic mass is 14.7. The molecule has 0 aliphatic heterocycles. The second kappa shape index (κ2) is 5.81. The molecule has 1 nitrogen and oxygen atoms in total. The summed E-state index contributed by atoms with van der Waals surface area (Å²) in [6, 6.07) is 26.2. The fourth-order valence-electron chi connectivity index (χ4n) is 4.18. The Labute approximate surface area is 153 Å². The summed E-state index contributed by atoms with van der Waals surface area (Å²) >= 11 is 0. The molecule has 0 N–H and O–H groups in total. The number of benzene rings is 4. The van der Waals surface area contributed by atoms with Gasteiger partial charge >= 0.3 is 0 Å². The van der Waals surface area contributed by atoms with Gasteiger partial charge in [-0.3, -0.25) is 0 Å². The minimum absolute atomic E-state index is 0.491. The van der Waals surface area contributed by atoms with E-state index in [1.54, 1.807) is 0 Å². The fraction of sp³-hybridized carbons (Fsp3) is 0.160. The molecule has 1 heteroatoms. The van der Waals surface area contributed by atoms with E-state index >= 15 is 0 Å². The molecule has 0 saturated carbocycles. The summed E-state index contributed by atoms with van der Waals surface area (Å²) in [5.41, 5.74) is 3.69. The number of pyridine rings is 1. The molecular formula is C25H21N. The molecule has 0 fully saturated rings. The average Bonchev–Trinajstić information content (AvgIpc) is 2.71. The van der Waals surface area contributed by atoms with Gasteiger partial charge in [0.25, 0.3) is 0 Å². The van der Waals surface area contributed by atoms with Gasteiger partial charge in [0, 0.05) is 21.5 Å². The first-order valence-corrected chi connectivity index (χ1v) is 9.40.